The van der Waals surface area contributed by atoms with Crippen molar-refractivity contribution in [2.75, 3.05) is 5.73 Å². The Morgan fingerprint density at radius 3 is 2.67 bits per heavy atom. The van der Waals surface area contributed by atoms with Gasteiger partial charge in [-0.15, -0.1) is 0 Å². The average Bonchev–Trinajstić information content (AvgIpc) is 2.35. The summed E-state index contributed by atoms with van der Waals surface area (Å²) in [6, 6.07) is 9.02. The summed E-state index contributed by atoms with van der Waals surface area (Å²) in [6.07, 6.45) is 0. The van der Waals surface area contributed by atoms with E-state index in [1.807, 2.05) is 0 Å². The topological polar surface area (TPSA) is 43.1 Å². The van der Waals surface area contributed by atoms with E-state index in [1.165, 1.54) is 30.3 Å². The largest absolute Gasteiger partial charge is 0.398 e. The molecule has 2 rings (SSSR count). The van der Waals surface area contributed by atoms with Crippen molar-refractivity contribution in [2.45, 2.75) is 0 Å². The van der Waals surface area contributed by atoms with Crippen LogP contribution in [0.4, 0.5) is 10.1 Å². The van der Waals surface area contributed by atoms with Crippen molar-refractivity contribution in [3.05, 3.63) is 62.8 Å². The fourth-order valence-electron chi connectivity index (χ4n) is 1.50. The van der Waals surface area contributed by atoms with Crippen LogP contribution >= 0.6 is 27.5 Å². The van der Waals surface area contributed by atoms with Gasteiger partial charge in [-0.05, 0) is 46.3 Å². The summed E-state index contributed by atoms with van der Waals surface area (Å²) in [6.45, 7) is 0. The smallest absolute Gasteiger partial charge is 0.196 e. The van der Waals surface area contributed by atoms with Crippen molar-refractivity contribution in [3.8, 4) is 0 Å². The fourth-order valence-corrected chi connectivity index (χ4v) is 2.05. The molecule has 2 aromatic carbocycles. The summed E-state index contributed by atoms with van der Waals surface area (Å²) in [5.74, 6) is -1.02. The van der Waals surface area contributed by atoms with Gasteiger partial charge < -0.3 is 5.73 Å². The molecule has 92 valence electrons. The van der Waals surface area contributed by atoms with Gasteiger partial charge in [0.1, 0.15) is 5.82 Å². The van der Waals surface area contributed by atoms with E-state index in [0.29, 0.717) is 11.3 Å². The van der Waals surface area contributed by atoms with Crippen LogP contribution < -0.4 is 5.73 Å². The Morgan fingerprint density at radius 1 is 1.28 bits per heavy atom. The van der Waals surface area contributed by atoms with Gasteiger partial charge in [0.25, 0.3) is 0 Å². The quantitative estimate of drug-likeness (QED) is 0.667. The number of benzene rings is 2. The van der Waals surface area contributed by atoms with Crippen molar-refractivity contribution in [1.29, 1.82) is 0 Å². The van der Waals surface area contributed by atoms with Gasteiger partial charge in [0.15, 0.2) is 5.78 Å². The van der Waals surface area contributed by atoms with Crippen molar-refractivity contribution in [1.82, 2.24) is 0 Å². The monoisotopic (exact) mass is 327 g/mol. The zero-order valence-electron chi connectivity index (χ0n) is 9.08. The number of hydrogen-bond acceptors (Lipinski definition) is 2. The fraction of sp³-hybridized carbons (Fsp3) is 0. The predicted octanol–water partition coefficient (Wildman–Crippen LogP) is 4.05. The van der Waals surface area contributed by atoms with Crippen LogP contribution in [0.2, 0.25) is 5.02 Å². The number of nitrogen functional groups attached to an aromatic ring is 1. The Labute approximate surface area is 117 Å². The summed E-state index contributed by atoms with van der Waals surface area (Å²) < 4.78 is 14.0. The molecule has 5 heteroatoms. The summed E-state index contributed by atoms with van der Waals surface area (Å²) in [5, 5.41) is 0.274. The third-order valence-corrected chi connectivity index (χ3v) is 3.40. The number of nitrogens with two attached hydrogens (primary N) is 1. The molecular weight excluding hydrogens is 321 g/mol. The maximum absolute atomic E-state index is 13.8. The normalized spacial score (nSPS) is 10.4. The number of hydrogen-bond donors (Lipinski definition) is 1. The molecule has 2 nitrogen and oxygen atoms in total. The molecule has 0 amide bonds. The SMILES string of the molecule is Nc1ccc(C(=O)c2cccc(Br)c2F)cc1Cl. The first-order valence-corrected chi connectivity index (χ1v) is 6.21. The first-order valence-electron chi connectivity index (χ1n) is 5.04. The number of carbonyl (C=O) groups excluding carboxylic acids is 1. The van der Waals surface area contributed by atoms with Crippen LogP contribution in [0, 0.1) is 5.82 Å². The molecule has 0 unspecified atom stereocenters. The van der Waals surface area contributed by atoms with Crippen molar-refractivity contribution in [2.24, 2.45) is 0 Å². The van der Waals surface area contributed by atoms with Gasteiger partial charge in [0.2, 0.25) is 0 Å². The number of ketones is 1. The third kappa shape index (κ3) is 2.40. The minimum Gasteiger partial charge on any atom is -0.398 e. The molecule has 0 aromatic heterocycles. The van der Waals surface area contributed by atoms with Crippen LogP contribution in [0.25, 0.3) is 0 Å². The standard InChI is InChI=1S/C13H8BrClFNO/c14-9-3-1-2-8(12(9)16)13(18)7-4-5-11(17)10(15)6-7/h1-6H,17H2. The Kier molecular flexibility index (Phi) is 3.68. The Bertz CT molecular complexity index is 630. The maximum atomic E-state index is 13.8. The maximum Gasteiger partial charge on any atom is 0.196 e. The molecule has 0 bridgehead atoms. The van der Waals surface area contributed by atoms with Crippen LogP contribution in [0.1, 0.15) is 15.9 Å². The molecule has 0 atom stereocenters. The number of carbonyl (C=O) groups is 1. The highest BCUT2D eigenvalue weighted by molar-refractivity contribution is 9.10. The van der Waals surface area contributed by atoms with Gasteiger partial charge in [0.05, 0.1) is 20.7 Å². The molecule has 18 heavy (non-hydrogen) atoms. The number of rotatable bonds is 2. The predicted molar refractivity (Wildman–Crippen MR) is 73.4 cm³/mol. The molecular formula is C13H8BrClFNO. The van der Waals surface area contributed by atoms with E-state index >= 15 is 0 Å². The van der Waals surface area contributed by atoms with Gasteiger partial charge in [-0.3, -0.25) is 4.79 Å². The van der Waals surface area contributed by atoms with Gasteiger partial charge >= 0.3 is 0 Å². The van der Waals surface area contributed by atoms with Gasteiger partial charge in [-0.1, -0.05) is 17.7 Å². The van der Waals surface area contributed by atoms with Crippen molar-refractivity contribution in [3.63, 3.8) is 0 Å². The molecule has 2 aromatic rings. The van der Waals surface area contributed by atoms with E-state index in [9.17, 15) is 9.18 Å². The molecule has 0 saturated carbocycles. The minimum atomic E-state index is -0.588. The first kappa shape index (κ1) is 13.1. The Hall–Kier alpha value is -1.39. The van der Waals surface area contributed by atoms with Crippen LogP contribution in [0.3, 0.4) is 0 Å². The molecule has 0 aliphatic carbocycles. The van der Waals surface area contributed by atoms with E-state index in [1.54, 1.807) is 6.07 Å². The number of anilines is 1. The lowest BCUT2D eigenvalue weighted by Crippen LogP contribution is -2.05. The van der Waals surface area contributed by atoms with E-state index in [2.05, 4.69) is 15.9 Å². The molecule has 0 heterocycles. The lowest BCUT2D eigenvalue weighted by Gasteiger charge is -2.05. The van der Waals surface area contributed by atoms with Gasteiger partial charge in [0, 0.05) is 5.56 Å². The second-order valence-electron chi connectivity index (χ2n) is 3.67. The highest BCUT2D eigenvalue weighted by Crippen LogP contribution is 2.24. The summed E-state index contributed by atoms with van der Waals surface area (Å²) in [5.41, 5.74) is 6.22. The van der Waals surface area contributed by atoms with Crippen LogP contribution in [-0.2, 0) is 0 Å². The molecule has 2 N–H and O–H groups in total. The third-order valence-electron chi connectivity index (χ3n) is 2.46. The summed E-state index contributed by atoms with van der Waals surface area (Å²) in [7, 11) is 0. The Balaban J connectivity index is 2.48. The molecule has 0 fully saturated rings. The molecule has 0 aliphatic heterocycles. The Morgan fingerprint density at radius 2 is 2.00 bits per heavy atom. The average molecular weight is 329 g/mol. The van der Waals surface area contributed by atoms with Crippen molar-refractivity contribution >= 4 is 39.0 Å². The van der Waals surface area contributed by atoms with Crippen molar-refractivity contribution < 1.29 is 9.18 Å². The van der Waals surface area contributed by atoms with Crippen LogP contribution in [0.15, 0.2) is 40.9 Å². The van der Waals surface area contributed by atoms with Crippen LogP contribution in [-0.4, -0.2) is 5.78 Å². The number of halogens is 3. The summed E-state index contributed by atoms with van der Waals surface area (Å²) in [4.78, 5) is 12.1. The lowest BCUT2D eigenvalue weighted by atomic mass is 10.0. The van der Waals surface area contributed by atoms with E-state index in [-0.39, 0.29) is 15.1 Å². The highest BCUT2D eigenvalue weighted by Gasteiger charge is 2.16. The van der Waals surface area contributed by atoms with E-state index in [4.69, 9.17) is 17.3 Å². The molecule has 0 saturated heterocycles. The molecule has 0 radical (unpaired) electrons. The lowest BCUT2D eigenvalue weighted by molar-refractivity contribution is 0.103. The highest BCUT2D eigenvalue weighted by atomic mass is 79.9. The summed E-state index contributed by atoms with van der Waals surface area (Å²) >= 11 is 8.88. The second-order valence-corrected chi connectivity index (χ2v) is 4.93. The van der Waals surface area contributed by atoms with E-state index in [0.717, 1.165) is 0 Å². The van der Waals surface area contributed by atoms with Crippen LogP contribution in [0.5, 0.6) is 0 Å². The zero-order valence-corrected chi connectivity index (χ0v) is 11.4. The minimum absolute atomic E-state index is 0.00906. The molecule has 0 aliphatic rings. The molecule has 0 spiro atoms. The zero-order chi connectivity index (χ0) is 13.3. The van der Waals surface area contributed by atoms with Gasteiger partial charge in [-0.25, -0.2) is 4.39 Å². The van der Waals surface area contributed by atoms with Gasteiger partial charge in [-0.2, -0.15) is 0 Å². The van der Waals surface area contributed by atoms with E-state index < -0.39 is 11.6 Å². The second kappa shape index (κ2) is 5.08. The first-order chi connectivity index (χ1) is 8.50.